The molecule has 0 spiro atoms. The number of benzene rings is 1. The van der Waals surface area contributed by atoms with Gasteiger partial charge in [0, 0.05) is 18.8 Å². The first-order valence-corrected chi connectivity index (χ1v) is 6.99. The number of hydrogen-bond donors (Lipinski definition) is 1. The number of amides is 2. The minimum Gasteiger partial charge on any atom is -0.497 e. The van der Waals surface area contributed by atoms with E-state index in [-0.39, 0.29) is 18.4 Å². The molecule has 1 N–H and O–H groups in total. The Balaban J connectivity index is 1.84. The van der Waals surface area contributed by atoms with E-state index in [1.165, 1.54) is 17.2 Å². The highest BCUT2D eigenvalue weighted by atomic mass is 16.5. The van der Waals surface area contributed by atoms with Gasteiger partial charge < -0.3 is 19.4 Å². The van der Waals surface area contributed by atoms with E-state index in [1.807, 2.05) is 0 Å². The van der Waals surface area contributed by atoms with Crippen LogP contribution in [0.2, 0.25) is 0 Å². The predicted molar refractivity (Wildman–Crippen MR) is 87.0 cm³/mol. The molecule has 6 heteroatoms. The molecule has 0 unspecified atom stereocenters. The van der Waals surface area contributed by atoms with Crippen LogP contribution in [0.3, 0.4) is 0 Å². The van der Waals surface area contributed by atoms with Crippen molar-refractivity contribution in [3.05, 3.63) is 54.5 Å². The molecule has 120 valence electrons. The highest BCUT2D eigenvalue weighted by Gasteiger charge is 2.11. The fourth-order valence-corrected chi connectivity index (χ4v) is 1.83. The summed E-state index contributed by atoms with van der Waals surface area (Å²) >= 11 is 0. The van der Waals surface area contributed by atoms with Gasteiger partial charge in [-0.1, -0.05) is 0 Å². The number of nitrogens with zero attached hydrogens (tertiary/aromatic N) is 1. The minimum absolute atomic E-state index is 0.0483. The molecule has 2 aromatic rings. The fourth-order valence-electron chi connectivity index (χ4n) is 1.83. The van der Waals surface area contributed by atoms with Crippen LogP contribution in [0.1, 0.15) is 5.76 Å². The first-order valence-electron chi connectivity index (χ1n) is 6.99. The molecule has 0 atom stereocenters. The van der Waals surface area contributed by atoms with Crippen molar-refractivity contribution in [2.24, 2.45) is 0 Å². The molecule has 2 amide bonds. The van der Waals surface area contributed by atoms with Gasteiger partial charge in [0.05, 0.1) is 19.9 Å². The Labute approximate surface area is 134 Å². The van der Waals surface area contributed by atoms with Crippen molar-refractivity contribution in [3.8, 4) is 5.75 Å². The third-order valence-corrected chi connectivity index (χ3v) is 3.06. The lowest BCUT2D eigenvalue weighted by Gasteiger charge is -2.14. The molecule has 2 rings (SSSR count). The van der Waals surface area contributed by atoms with Crippen LogP contribution in [-0.2, 0) is 9.59 Å². The van der Waals surface area contributed by atoms with Crippen LogP contribution in [0.5, 0.6) is 5.75 Å². The molecule has 1 aromatic carbocycles. The number of nitrogens with one attached hydrogen (secondary N) is 1. The topological polar surface area (TPSA) is 71.8 Å². The van der Waals surface area contributed by atoms with Gasteiger partial charge in [-0.15, -0.1) is 0 Å². The summed E-state index contributed by atoms with van der Waals surface area (Å²) in [6, 6.07) is 10.4. The zero-order valence-electron chi connectivity index (χ0n) is 13.0. The smallest absolute Gasteiger partial charge is 0.246 e. The Morgan fingerprint density at radius 1 is 1.26 bits per heavy atom. The normalized spacial score (nSPS) is 10.5. The summed E-state index contributed by atoms with van der Waals surface area (Å²) in [4.78, 5) is 25.2. The molecule has 0 bridgehead atoms. The van der Waals surface area contributed by atoms with Crippen molar-refractivity contribution in [2.45, 2.75) is 0 Å². The number of furan rings is 1. The van der Waals surface area contributed by atoms with E-state index in [9.17, 15) is 9.59 Å². The molecular weight excluding hydrogens is 296 g/mol. The first kappa shape index (κ1) is 16.4. The zero-order valence-corrected chi connectivity index (χ0v) is 13.0. The molecule has 0 saturated heterocycles. The van der Waals surface area contributed by atoms with Gasteiger partial charge in [0.25, 0.3) is 0 Å². The molecule has 23 heavy (non-hydrogen) atoms. The van der Waals surface area contributed by atoms with Crippen molar-refractivity contribution in [2.75, 3.05) is 26.0 Å². The van der Waals surface area contributed by atoms with Crippen LogP contribution in [0.25, 0.3) is 6.08 Å². The van der Waals surface area contributed by atoms with Crippen molar-refractivity contribution < 1.29 is 18.7 Å². The Kier molecular flexibility index (Phi) is 5.57. The summed E-state index contributed by atoms with van der Waals surface area (Å²) in [6.45, 7) is -0.0483. The van der Waals surface area contributed by atoms with E-state index in [0.29, 0.717) is 17.2 Å². The Morgan fingerprint density at radius 3 is 2.61 bits per heavy atom. The summed E-state index contributed by atoms with van der Waals surface area (Å²) < 4.78 is 10.1. The number of anilines is 1. The Morgan fingerprint density at radius 2 is 2.00 bits per heavy atom. The summed E-state index contributed by atoms with van der Waals surface area (Å²) in [7, 11) is 3.13. The monoisotopic (exact) mass is 314 g/mol. The number of carbonyl (C=O) groups is 2. The molecule has 1 heterocycles. The van der Waals surface area contributed by atoms with E-state index in [2.05, 4.69) is 5.32 Å². The van der Waals surface area contributed by atoms with Crippen LogP contribution < -0.4 is 10.1 Å². The van der Waals surface area contributed by atoms with Crippen LogP contribution >= 0.6 is 0 Å². The zero-order chi connectivity index (χ0) is 16.7. The van der Waals surface area contributed by atoms with E-state index < -0.39 is 0 Å². The number of rotatable bonds is 6. The lowest BCUT2D eigenvalue weighted by atomic mass is 10.3. The highest BCUT2D eigenvalue weighted by molar-refractivity contribution is 5.97. The van der Waals surface area contributed by atoms with Crippen molar-refractivity contribution in [3.63, 3.8) is 0 Å². The fraction of sp³-hybridized carbons (Fsp3) is 0.176. The summed E-state index contributed by atoms with van der Waals surface area (Å²) in [5, 5.41) is 2.72. The average molecular weight is 314 g/mol. The molecule has 0 aliphatic carbocycles. The number of methoxy groups -OCH3 is 1. The number of hydrogen-bond acceptors (Lipinski definition) is 4. The highest BCUT2D eigenvalue weighted by Crippen LogP contribution is 2.14. The predicted octanol–water partition coefficient (Wildman–Crippen LogP) is 2.40. The third kappa shape index (κ3) is 5.03. The maximum atomic E-state index is 11.9. The van der Waals surface area contributed by atoms with Crippen LogP contribution in [0.15, 0.2) is 53.2 Å². The third-order valence-electron chi connectivity index (χ3n) is 3.06. The molecule has 6 nitrogen and oxygen atoms in total. The van der Waals surface area contributed by atoms with Gasteiger partial charge in [0.1, 0.15) is 11.5 Å². The second-order valence-electron chi connectivity index (χ2n) is 4.82. The molecular formula is C17H18N2O4. The quantitative estimate of drug-likeness (QED) is 0.831. The van der Waals surface area contributed by atoms with Crippen molar-refractivity contribution in [1.29, 1.82) is 0 Å². The maximum absolute atomic E-state index is 11.9. The van der Waals surface area contributed by atoms with Gasteiger partial charge >= 0.3 is 0 Å². The van der Waals surface area contributed by atoms with Crippen LogP contribution in [-0.4, -0.2) is 37.4 Å². The van der Waals surface area contributed by atoms with Crippen molar-refractivity contribution in [1.82, 2.24) is 4.90 Å². The lowest BCUT2D eigenvalue weighted by Crippen LogP contribution is -2.33. The molecule has 1 aromatic heterocycles. The van der Waals surface area contributed by atoms with Crippen LogP contribution in [0, 0.1) is 0 Å². The summed E-state index contributed by atoms with van der Waals surface area (Å²) in [5.41, 5.74) is 0.641. The van der Waals surface area contributed by atoms with Crippen molar-refractivity contribution >= 4 is 23.6 Å². The minimum atomic E-state index is -0.286. The molecule has 0 fully saturated rings. The number of likely N-dealkylation sites (N-methyl/N-ethyl adjacent to an activating group) is 1. The standard InChI is InChI=1S/C17H18N2O4/c1-19(17(21)10-9-15-4-3-11-23-15)12-16(20)18-13-5-7-14(22-2)8-6-13/h3-11H,12H2,1-2H3,(H,18,20)/b10-9+. The largest absolute Gasteiger partial charge is 0.497 e. The molecule has 0 radical (unpaired) electrons. The Hall–Kier alpha value is -3.02. The van der Waals surface area contributed by atoms with Gasteiger partial charge in [-0.05, 0) is 42.5 Å². The number of ether oxygens (including phenoxy) is 1. The van der Waals surface area contributed by atoms with Crippen LogP contribution in [0.4, 0.5) is 5.69 Å². The van der Waals surface area contributed by atoms with E-state index in [4.69, 9.17) is 9.15 Å². The van der Waals surface area contributed by atoms with E-state index in [1.54, 1.807) is 56.6 Å². The Bertz CT molecular complexity index is 675. The van der Waals surface area contributed by atoms with Gasteiger partial charge in [0.15, 0.2) is 0 Å². The van der Waals surface area contributed by atoms with E-state index >= 15 is 0 Å². The van der Waals surface area contributed by atoms with Gasteiger partial charge in [-0.2, -0.15) is 0 Å². The van der Waals surface area contributed by atoms with Gasteiger partial charge in [-0.3, -0.25) is 9.59 Å². The average Bonchev–Trinajstić information content (AvgIpc) is 3.06. The molecule has 0 saturated carbocycles. The lowest BCUT2D eigenvalue weighted by molar-refractivity contribution is -0.129. The molecule has 0 aliphatic heterocycles. The van der Waals surface area contributed by atoms with Gasteiger partial charge in [0.2, 0.25) is 11.8 Å². The molecule has 0 aliphatic rings. The van der Waals surface area contributed by atoms with Gasteiger partial charge in [-0.25, -0.2) is 0 Å². The second kappa shape index (κ2) is 7.84. The first-order chi connectivity index (χ1) is 11.1. The maximum Gasteiger partial charge on any atom is 0.246 e. The SMILES string of the molecule is COc1ccc(NC(=O)CN(C)C(=O)/C=C/c2ccco2)cc1. The second-order valence-corrected chi connectivity index (χ2v) is 4.82. The summed E-state index contributed by atoms with van der Waals surface area (Å²) in [6.07, 6.45) is 4.44. The number of carbonyl (C=O) groups excluding carboxylic acids is 2. The summed E-state index contributed by atoms with van der Waals surface area (Å²) in [5.74, 6) is 0.719. The van der Waals surface area contributed by atoms with E-state index in [0.717, 1.165) is 0 Å².